The molecular formula is C30H31ClN6O3. The number of piperazine rings is 1. The molecule has 40 heavy (non-hydrogen) atoms. The summed E-state index contributed by atoms with van der Waals surface area (Å²) in [6.45, 7) is 3.35. The summed E-state index contributed by atoms with van der Waals surface area (Å²) in [5.41, 5.74) is 9.29. The number of amides is 2. The molecule has 3 aromatic carbocycles. The first-order chi connectivity index (χ1) is 19.3. The van der Waals surface area contributed by atoms with Crippen molar-refractivity contribution in [2.45, 2.75) is 0 Å². The Bertz CT molecular complexity index is 1540. The molecule has 1 aliphatic heterocycles. The van der Waals surface area contributed by atoms with E-state index >= 15 is 0 Å². The van der Waals surface area contributed by atoms with E-state index in [1.807, 2.05) is 36.4 Å². The number of halogens is 1. The summed E-state index contributed by atoms with van der Waals surface area (Å²) >= 11 is 6.17. The van der Waals surface area contributed by atoms with Crippen LogP contribution in [0.5, 0.6) is 5.88 Å². The van der Waals surface area contributed by atoms with E-state index in [0.717, 1.165) is 37.1 Å². The first-order valence-corrected chi connectivity index (χ1v) is 13.4. The van der Waals surface area contributed by atoms with Crippen LogP contribution >= 0.6 is 11.6 Å². The number of carbonyl (C=O) groups excluding carboxylic acids is 2. The van der Waals surface area contributed by atoms with Gasteiger partial charge in [0.15, 0.2) is 5.88 Å². The number of benzene rings is 3. The van der Waals surface area contributed by atoms with E-state index in [9.17, 15) is 14.7 Å². The summed E-state index contributed by atoms with van der Waals surface area (Å²) in [7, 11) is 2.06. The van der Waals surface area contributed by atoms with Crippen molar-refractivity contribution in [1.82, 2.24) is 14.8 Å². The number of primary amides is 1. The van der Waals surface area contributed by atoms with Crippen LogP contribution in [-0.4, -0.2) is 83.7 Å². The minimum absolute atomic E-state index is 0.0152. The smallest absolute Gasteiger partial charge is 0.241 e. The normalized spacial score (nSPS) is 14.9. The Kier molecular flexibility index (Phi) is 8.16. The monoisotopic (exact) mass is 558 g/mol. The molecule has 9 nitrogen and oxygen atoms in total. The van der Waals surface area contributed by atoms with Crippen LogP contribution in [0.3, 0.4) is 0 Å². The summed E-state index contributed by atoms with van der Waals surface area (Å²) < 4.78 is 0. The highest BCUT2D eigenvalue weighted by atomic mass is 35.5. The Morgan fingerprint density at radius 3 is 2.40 bits per heavy atom. The molecular weight excluding hydrogens is 528 g/mol. The maximum atomic E-state index is 13.2. The van der Waals surface area contributed by atoms with E-state index in [0.29, 0.717) is 33.2 Å². The van der Waals surface area contributed by atoms with Gasteiger partial charge in [-0.1, -0.05) is 48.0 Å². The van der Waals surface area contributed by atoms with Gasteiger partial charge in [-0.2, -0.15) is 0 Å². The third-order valence-electron chi connectivity index (χ3n) is 7.00. The summed E-state index contributed by atoms with van der Waals surface area (Å²) in [4.78, 5) is 38.7. The maximum absolute atomic E-state index is 13.2. The molecule has 206 valence electrons. The zero-order valence-electron chi connectivity index (χ0n) is 22.2. The zero-order valence-corrected chi connectivity index (χ0v) is 22.9. The molecule has 4 aromatic rings. The quantitative estimate of drug-likeness (QED) is 0.285. The topological polar surface area (TPSA) is 118 Å². The lowest BCUT2D eigenvalue weighted by molar-refractivity contribution is -0.123. The highest BCUT2D eigenvalue weighted by Gasteiger charge is 2.23. The number of likely N-dealkylation sites (N-methyl/N-ethyl adjacent to an activating group) is 1. The van der Waals surface area contributed by atoms with Crippen LogP contribution < -0.4 is 10.6 Å². The van der Waals surface area contributed by atoms with Crippen molar-refractivity contribution in [3.05, 3.63) is 88.9 Å². The largest absolute Gasteiger partial charge is 0.494 e. The summed E-state index contributed by atoms with van der Waals surface area (Å²) in [5, 5.41) is 12.2. The molecule has 1 aliphatic rings. The van der Waals surface area contributed by atoms with E-state index in [4.69, 9.17) is 22.3 Å². The van der Waals surface area contributed by atoms with Gasteiger partial charge in [-0.15, -0.1) is 0 Å². The number of rotatable bonds is 8. The summed E-state index contributed by atoms with van der Waals surface area (Å²) in [6.07, 6.45) is 0. The van der Waals surface area contributed by atoms with Crippen molar-refractivity contribution in [2.75, 3.05) is 51.2 Å². The van der Waals surface area contributed by atoms with E-state index in [1.165, 1.54) is 4.90 Å². The average molecular weight is 559 g/mol. The van der Waals surface area contributed by atoms with E-state index in [1.54, 1.807) is 36.4 Å². The number of nitrogens with zero attached hydrogens (tertiary/aromatic N) is 4. The Labute approximate surface area is 237 Å². The lowest BCUT2D eigenvalue weighted by atomic mass is 10.0. The number of hydrogen-bond acceptors (Lipinski definition) is 6. The lowest BCUT2D eigenvalue weighted by Gasteiger charge is -2.33. The van der Waals surface area contributed by atoms with Crippen LogP contribution in [0.2, 0.25) is 5.02 Å². The molecule has 0 unspecified atom stereocenters. The fraction of sp³-hybridized carbons (Fsp3) is 0.233. The van der Waals surface area contributed by atoms with Gasteiger partial charge in [0.2, 0.25) is 11.8 Å². The number of aromatic nitrogens is 1. The molecule has 0 spiro atoms. The molecule has 5 rings (SSSR count). The van der Waals surface area contributed by atoms with Gasteiger partial charge in [0.1, 0.15) is 6.54 Å². The standard InChI is InChI=1S/C30H31ClN6O3/c1-35-13-15-36(16-14-35)19-27(39)37(18-26(32)38)23-10-8-22(9-11-23)33-29(20-5-3-2-4-6-20)28-24-12-7-21(31)17-25(24)34-30(28)40/h2-12,17,34,40H,13-16,18-19H2,1H3,(H2,32,38). The fourth-order valence-electron chi connectivity index (χ4n) is 4.85. The van der Waals surface area contributed by atoms with Gasteiger partial charge in [-0.25, -0.2) is 4.99 Å². The van der Waals surface area contributed by atoms with Crippen molar-refractivity contribution in [1.29, 1.82) is 0 Å². The average Bonchev–Trinajstić information content (AvgIpc) is 3.26. The molecule has 0 radical (unpaired) electrons. The Hall–Kier alpha value is -4.18. The van der Waals surface area contributed by atoms with Crippen LogP contribution in [0.4, 0.5) is 11.4 Å². The van der Waals surface area contributed by atoms with Crippen LogP contribution in [0.15, 0.2) is 77.8 Å². The second kappa shape index (κ2) is 11.9. The molecule has 1 aromatic heterocycles. The molecule has 4 N–H and O–H groups in total. The molecule has 10 heteroatoms. The number of nitrogens with two attached hydrogens (primary N) is 1. The number of aromatic hydroxyl groups is 1. The fourth-order valence-corrected chi connectivity index (χ4v) is 5.03. The summed E-state index contributed by atoms with van der Waals surface area (Å²) in [5.74, 6) is -0.791. The molecule has 1 saturated heterocycles. The van der Waals surface area contributed by atoms with Crippen molar-refractivity contribution in [2.24, 2.45) is 10.7 Å². The first-order valence-electron chi connectivity index (χ1n) is 13.0. The van der Waals surface area contributed by atoms with Gasteiger partial charge in [0.05, 0.1) is 29.0 Å². The van der Waals surface area contributed by atoms with E-state index in [-0.39, 0.29) is 24.9 Å². The van der Waals surface area contributed by atoms with Gasteiger partial charge in [-0.3, -0.25) is 14.5 Å². The maximum Gasteiger partial charge on any atom is 0.241 e. The van der Waals surface area contributed by atoms with E-state index < -0.39 is 5.91 Å². The van der Waals surface area contributed by atoms with Crippen LogP contribution in [0.1, 0.15) is 11.1 Å². The second-order valence-corrected chi connectivity index (χ2v) is 10.3. The molecule has 0 aliphatic carbocycles. The molecule has 0 saturated carbocycles. The van der Waals surface area contributed by atoms with Gasteiger partial charge >= 0.3 is 0 Å². The van der Waals surface area contributed by atoms with E-state index in [2.05, 4.69) is 21.8 Å². The molecule has 2 amide bonds. The van der Waals surface area contributed by atoms with Gasteiger partial charge in [0, 0.05) is 47.8 Å². The molecule has 0 atom stereocenters. The zero-order chi connectivity index (χ0) is 28.2. The van der Waals surface area contributed by atoms with Crippen LogP contribution in [0, 0.1) is 0 Å². The highest BCUT2D eigenvalue weighted by molar-refractivity contribution is 6.31. The number of aliphatic imine (C=N–C) groups is 1. The number of aromatic amines is 1. The van der Waals surface area contributed by atoms with Crippen LogP contribution in [0.25, 0.3) is 10.9 Å². The first kappa shape index (κ1) is 27.4. The Morgan fingerprint density at radius 2 is 1.73 bits per heavy atom. The Balaban J connectivity index is 1.47. The van der Waals surface area contributed by atoms with Gasteiger partial charge in [0.25, 0.3) is 0 Å². The van der Waals surface area contributed by atoms with Crippen molar-refractivity contribution < 1.29 is 14.7 Å². The molecule has 2 heterocycles. The number of nitrogens with one attached hydrogen (secondary N) is 1. The molecule has 1 fully saturated rings. The highest BCUT2D eigenvalue weighted by Crippen LogP contribution is 2.33. The van der Waals surface area contributed by atoms with Crippen molar-refractivity contribution in [3.63, 3.8) is 0 Å². The number of hydrogen-bond donors (Lipinski definition) is 3. The van der Waals surface area contributed by atoms with Crippen molar-refractivity contribution >= 4 is 51.4 Å². The lowest BCUT2D eigenvalue weighted by Crippen LogP contribution is -2.50. The van der Waals surface area contributed by atoms with Gasteiger partial charge < -0.3 is 25.6 Å². The minimum Gasteiger partial charge on any atom is -0.494 e. The number of H-pyrrole nitrogens is 1. The van der Waals surface area contributed by atoms with Crippen LogP contribution in [-0.2, 0) is 9.59 Å². The predicted molar refractivity (Wildman–Crippen MR) is 159 cm³/mol. The third-order valence-corrected chi connectivity index (χ3v) is 7.23. The predicted octanol–water partition coefficient (Wildman–Crippen LogP) is 3.76. The minimum atomic E-state index is -0.588. The third kappa shape index (κ3) is 6.17. The Morgan fingerprint density at radius 1 is 1.02 bits per heavy atom. The van der Waals surface area contributed by atoms with Gasteiger partial charge in [-0.05, 0) is 43.4 Å². The van der Waals surface area contributed by atoms with Crippen molar-refractivity contribution in [3.8, 4) is 5.88 Å². The SMILES string of the molecule is CN1CCN(CC(=O)N(CC(N)=O)c2ccc(N=C(c3ccccc3)c3c(O)[nH]c4cc(Cl)ccc34)cc2)CC1. The molecule has 0 bridgehead atoms. The number of fused-ring (bicyclic) bond motifs is 1. The number of anilines is 1. The summed E-state index contributed by atoms with van der Waals surface area (Å²) in [6, 6.07) is 22.0. The second-order valence-electron chi connectivity index (χ2n) is 9.91. The number of carbonyl (C=O) groups is 2.